The number of rotatable bonds is 23. The highest BCUT2D eigenvalue weighted by Gasteiger charge is 2.37. The zero-order valence-corrected chi connectivity index (χ0v) is 32.6. The minimum atomic E-state index is -2.06. The molecule has 0 unspecified atom stereocenters. The predicted octanol–water partition coefficient (Wildman–Crippen LogP) is 2.85. The number of unbranched alkanes of at least 4 members (excludes halogenated alkanes) is 5. The molecule has 0 bridgehead atoms. The number of aliphatic hydroxyl groups is 6. The number of nitrogens with zero attached hydrogens (tertiary/aromatic N) is 3. The van der Waals surface area contributed by atoms with Crippen molar-refractivity contribution in [2.75, 3.05) is 66.3 Å². The first-order valence-electron chi connectivity index (χ1n) is 18.9. The minimum absolute atomic E-state index is 0.0302. The predicted molar refractivity (Wildman–Crippen MR) is 211 cm³/mol. The van der Waals surface area contributed by atoms with E-state index in [9.17, 15) is 39.9 Å². The Bertz CT molecular complexity index is 1430. The molecule has 3 rings (SSSR count). The molecule has 8 N–H and O–H groups in total. The van der Waals surface area contributed by atoms with Crippen molar-refractivity contribution >= 4 is 51.6 Å². The lowest BCUT2D eigenvalue weighted by Crippen LogP contribution is -2.54. The summed E-state index contributed by atoms with van der Waals surface area (Å²) in [7, 11) is 0. The summed E-state index contributed by atoms with van der Waals surface area (Å²) in [6, 6.07) is 11.7. The van der Waals surface area contributed by atoms with Gasteiger partial charge in [0, 0.05) is 62.8 Å². The highest BCUT2D eigenvalue weighted by molar-refractivity contribution is 8.14. The third-order valence-electron chi connectivity index (χ3n) is 9.45. The molecular formula is C38H59N5O10S. The average molecular weight is 778 g/mol. The number of ether oxygens (including phenoxy) is 1. The van der Waals surface area contributed by atoms with Crippen LogP contribution in [0, 0.1) is 0 Å². The van der Waals surface area contributed by atoms with Crippen LogP contribution in [0.15, 0.2) is 36.4 Å². The molecule has 1 aliphatic heterocycles. The average Bonchev–Trinajstić information content (AvgIpc) is 3.18. The summed E-state index contributed by atoms with van der Waals surface area (Å²) in [5.41, 5.74) is 3.24. The normalized spacial score (nSPS) is 14.8. The van der Waals surface area contributed by atoms with Gasteiger partial charge in [-0.2, -0.15) is 0 Å². The van der Waals surface area contributed by atoms with Crippen LogP contribution in [0.25, 0.3) is 0 Å². The Hall–Kier alpha value is -3.64. The summed E-state index contributed by atoms with van der Waals surface area (Å²) in [4.78, 5) is 44.6. The fraction of sp³-hybridized carbons (Fsp3) is 0.605. The third kappa shape index (κ3) is 12.2. The van der Waals surface area contributed by atoms with Gasteiger partial charge in [-0.05, 0) is 64.8 Å². The number of amides is 3. The summed E-state index contributed by atoms with van der Waals surface area (Å²) < 4.78 is 6.41. The van der Waals surface area contributed by atoms with E-state index in [0.717, 1.165) is 81.4 Å². The van der Waals surface area contributed by atoms with E-state index in [1.807, 2.05) is 36.4 Å². The molecule has 2 aromatic rings. The fourth-order valence-electron chi connectivity index (χ4n) is 6.18. The van der Waals surface area contributed by atoms with E-state index in [4.69, 9.17) is 9.84 Å². The molecule has 16 heteroatoms. The first kappa shape index (κ1) is 44.8. The molecule has 0 aromatic heterocycles. The largest absolute Gasteiger partial charge is 0.453 e. The van der Waals surface area contributed by atoms with Crippen LogP contribution < -0.4 is 30.1 Å². The highest BCUT2D eigenvalue weighted by atomic mass is 32.2. The number of carbonyl (C=O) groups is 3. The van der Waals surface area contributed by atoms with Crippen LogP contribution in [0.4, 0.5) is 27.5 Å². The first-order chi connectivity index (χ1) is 25.9. The van der Waals surface area contributed by atoms with E-state index < -0.39 is 43.0 Å². The Morgan fingerprint density at radius 3 is 1.67 bits per heavy atom. The van der Waals surface area contributed by atoms with Crippen molar-refractivity contribution in [1.29, 1.82) is 0 Å². The second-order valence-electron chi connectivity index (χ2n) is 13.1. The Morgan fingerprint density at radius 1 is 0.704 bits per heavy atom. The number of hydrogen-bond acceptors (Lipinski definition) is 13. The Balaban J connectivity index is 1.41. The number of hydrogen-bond donors (Lipinski definition) is 8. The third-order valence-corrected chi connectivity index (χ3v) is 10.3. The van der Waals surface area contributed by atoms with Gasteiger partial charge in [-0.3, -0.25) is 19.3 Å². The molecule has 0 saturated heterocycles. The fourth-order valence-corrected chi connectivity index (χ4v) is 6.86. The van der Waals surface area contributed by atoms with Crippen LogP contribution in [0.3, 0.4) is 0 Å². The van der Waals surface area contributed by atoms with Gasteiger partial charge < -0.3 is 55.8 Å². The molecule has 5 atom stereocenters. The maximum Gasteiger partial charge on any atom is 0.291 e. The number of fused-ring (bicyclic) bond motifs is 2. The molecule has 0 fully saturated rings. The number of anilines is 4. The Labute approximate surface area is 322 Å². The van der Waals surface area contributed by atoms with Crippen LogP contribution in [-0.4, -0.2) is 130 Å². The molecule has 15 nitrogen and oxygen atoms in total. The van der Waals surface area contributed by atoms with Gasteiger partial charge in [-0.25, -0.2) is 0 Å². The lowest BCUT2D eigenvalue weighted by molar-refractivity contribution is -0.156. The van der Waals surface area contributed by atoms with Crippen molar-refractivity contribution in [1.82, 2.24) is 10.6 Å². The SMILES string of the molecule is CCN(CC)c1ccc2c(c1)Oc1cc(N(CC)CC)ccc1N2C(=O)SCC(=O)NCCCCCCCCNC(=O)[C@H](O)[C@H](O)[C@@H](O)[C@H](O)[C@H](O)CO. The molecule has 3 amide bonds. The van der Waals surface area contributed by atoms with Crippen molar-refractivity contribution in [2.24, 2.45) is 0 Å². The topological polar surface area (TPSA) is 216 Å². The van der Waals surface area contributed by atoms with E-state index in [-0.39, 0.29) is 23.4 Å². The maximum atomic E-state index is 13.7. The van der Waals surface area contributed by atoms with Gasteiger partial charge in [0.05, 0.1) is 23.7 Å². The first-order valence-corrected chi connectivity index (χ1v) is 19.9. The summed E-state index contributed by atoms with van der Waals surface area (Å²) in [5, 5.41) is 62.7. The van der Waals surface area contributed by atoms with Crippen molar-refractivity contribution in [3.8, 4) is 11.5 Å². The van der Waals surface area contributed by atoms with E-state index in [2.05, 4.69) is 48.1 Å². The molecule has 0 radical (unpaired) electrons. The van der Waals surface area contributed by atoms with Crippen molar-refractivity contribution in [3.05, 3.63) is 36.4 Å². The van der Waals surface area contributed by atoms with Crippen LogP contribution in [0.5, 0.6) is 11.5 Å². The highest BCUT2D eigenvalue weighted by Crippen LogP contribution is 2.50. The number of carbonyl (C=O) groups excluding carboxylic acids is 3. The number of benzene rings is 2. The lowest BCUT2D eigenvalue weighted by Gasteiger charge is -2.33. The molecule has 0 aliphatic carbocycles. The standard InChI is InChI=1S/C38H59N5O10S/c1-5-41(6-2)25-15-17-27-30(21-25)53-31-22-26(42(7-3)8-4)16-18-28(31)43(27)38(52)54-24-32(46)39-19-13-11-9-10-12-14-20-40-37(51)36(50)35(49)34(48)33(47)29(45)23-44/h15-18,21-22,29,33-36,44-45,47-50H,5-14,19-20,23-24H2,1-4H3,(H,39,46)(H,40,51)/t29-,33-,34+,35-,36-/m1/s1. The summed E-state index contributed by atoms with van der Waals surface area (Å²) in [6.45, 7) is 11.5. The molecule has 54 heavy (non-hydrogen) atoms. The van der Waals surface area contributed by atoms with Crippen LogP contribution in [-0.2, 0) is 9.59 Å². The monoisotopic (exact) mass is 777 g/mol. The van der Waals surface area contributed by atoms with Crippen molar-refractivity contribution < 1.29 is 49.8 Å². The van der Waals surface area contributed by atoms with Gasteiger partial charge >= 0.3 is 0 Å². The maximum absolute atomic E-state index is 13.7. The summed E-state index contributed by atoms with van der Waals surface area (Å²) in [6.07, 6.45) is -5.01. The molecular weight excluding hydrogens is 719 g/mol. The quantitative estimate of drug-likeness (QED) is 0.0764. The van der Waals surface area contributed by atoms with Crippen LogP contribution in [0.1, 0.15) is 66.2 Å². The summed E-state index contributed by atoms with van der Waals surface area (Å²) in [5.74, 6) is -0.0357. The van der Waals surface area contributed by atoms with E-state index in [1.54, 1.807) is 4.90 Å². The minimum Gasteiger partial charge on any atom is -0.453 e. The van der Waals surface area contributed by atoms with E-state index >= 15 is 0 Å². The number of nitrogens with one attached hydrogen (secondary N) is 2. The number of thioether (sulfide) groups is 1. The molecule has 0 spiro atoms. The zero-order chi connectivity index (χ0) is 39.8. The van der Waals surface area contributed by atoms with E-state index in [1.165, 1.54) is 0 Å². The van der Waals surface area contributed by atoms with Gasteiger partial charge in [0.2, 0.25) is 5.91 Å². The van der Waals surface area contributed by atoms with Gasteiger partial charge in [0.1, 0.15) is 24.4 Å². The molecule has 0 saturated carbocycles. The molecule has 2 aromatic carbocycles. The van der Waals surface area contributed by atoms with E-state index in [0.29, 0.717) is 35.8 Å². The molecule has 302 valence electrons. The molecule has 1 aliphatic rings. The Kier molecular flexibility index (Phi) is 18.8. The van der Waals surface area contributed by atoms with Crippen LogP contribution in [0.2, 0.25) is 0 Å². The van der Waals surface area contributed by atoms with Gasteiger partial charge in [-0.1, -0.05) is 37.4 Å². The van der Waals surface area contributed by atoms with Crippen molar-refractivity contribution in [3.63, 3.8) is 0 Å². The smallest absolute Gasteiger partial charge is 0.291 e. The Morgan fingerprint density at radius 2 is 1.19 bits per heavy atom. The van der Waals surface area contributed by atoms with Crippen molar-refractivity contribution in [2.45, 2.75) is 96.7 Å². The zero-order valence-electron chi connectivity index (χ0n) is 31.8. The van der Waals surface area contributed by atoms with Gasteiger partial charge in [0.15, 0.2) is 17.6 Å². The van der Waals surface area contributed by atoms with Gasteiger partial charge in [0.25, 0.3) is 11.1 Å². The second kappa shape index (κ2) is 22.7. The molecule has 1 heterocycles. The van der Waals surface area contributed by atoms with Gasteiger partial charge in [-0.15, -0.1) is 0 Å². The number of aliphatic hydroxyl groups excluding tert-OH is 6. The lowest BCUT2D eigenvalue weighted by atomic mass is 9.99. The summed E-state index contributed by atoms with van der Waals surface area (Å²) >= 11 is 0.943. The van der Waals surface area contributed by atoms with Crippen LogP contribution >= 0.6 is 11.8 Å². The second-order valence-corrected chi connectivity index (χ2v) is 14.0.